The maximum Gasteiger partial charge on any atom is 0.323 e. The highest BCUT2D eigenvalue weighted by molar-refractivity contribution is 8.26. The van der Waals surface area contributed by atoms with E-state index < -0.39 is 18.4 Å². The molecule has 0 aliphatic carbocycles. The third-order valence-electron chi connectivity index (χ3n) is 15.6. The average Bonchev–Trinajstić information content (AvgIpc) is 4.45. The Labute approximate surface area is 520 Å². The van der Waals surface area contributed by atoms with Crippen molar-refractivity contribution in [2.75, 3.05) is 11.4 Å². The fourth-order valence-electron chi connectivity index (χ4n) is 11.8. The first-order valence-corrected chi connectivity index (χ1v) is 30.2. The molecule has 11 heteroatoms. The van der Waals surface area contributed by atoms with Crippen LogP contribution in [0.2, 0.25) is 0 Å². The summed E-state index contributed by atoms with van der Waals surface area (Å²) < 4.78 is 0.215. The number of H-pyrrole nitrogens is 2. The lowest BCUT2D eigenvalue weighted by atomic mass is 9.95. The fourth-order valence-corrected chi connectivity index (χ4v) is 13.0. The van der Waals surface area contributed by atoms with E-state index in [9.17, 15) is 14.7 Å². The number of carbonyl (C=O) groups excluding carboxylic acids is 1. The monoisotopic (exact) mass is 1180 g/mol. The van der Waals surface area contributed by atoms with Gasteiger partial charge in [-0.2, -0.15) is 0 Å². The molecule has 3 aliphatic heterocycles. The van der Waals surface area contributed by atoms with Crippen molar-refractivity contribution in [3.8, 4) is 34.1 Å². The number of nitrogens with one attached hydrogen (secondary N) is 2. The molecule has 1 fully saturated rings. The molecule has 6 heterocycles. The van der Waals surface area contributed by atoms with Crippen LogP contribution in [-0.4, -0.2) is 52.7 Å². The summed E-state index contributed by atoms with van der Waals surface area (Å²) in [6, 6.07) is 67.9. The number of benzene rings is 7. The van der Waals surface area contributed by atoms with Crippen molar-refractivity contribution < 1.29 is 14.7 Å². The minimum atomic E-state index is -1.13. The highest BCUT2D eigenvalue weighted by Gasteiger charge is 2.33. The Hall–Kier alpha value is -10.6. The van der Waals surface area contributed by atoms with E-state index >= 15 is 0 Å². The van der Waals surface area contributed by atoms with Crippen LogP contribution in [0.5, 0.6) is 0 Å². The van der Waals surface area contributed by atoms with Gasteiger partial charge in [-0.25, -0.2) is 9.97 Å². The number of aryl methyl sites for hydroxylation is 5. The first-order chi connectivity index (χ1) is 42.7. The summed E-state index contributed by atoms with van der Waals surface area (Å²) in [5.41, 5.74) is 25.4. The fraction of sp³-hybridized carbons (Fsp3) is 0.0779. The second kappa shape index (κ2) is 24.0. The molecule has 0 unspecified atom stereocenters. The normalized spacial score (nSPS) is 13.0. The number of hydrogen-bond acceptors (Lipinski definition) is 7. The molecule has 0 spiro atoms. The molecule has 88 heavy (non-hydrogen) atoms. The Bertz CT molecular complexity index is 4740. The van der Waals surface area contributed by atoms with Crippen LogP contribution in [0.15, 0.2) is 199 Å². The number of carboxylic acids is 1. The van der Waals surface area contributed by atoms with Gasteiger partial charge in [-0.3, -0.25) is 14.5 Å². The van der Waals surface area contributed by atoms with Crippen LogP contribution in [-0.2, 0) is 9.59 Å². The van der Waals surface area contributed by atoms with Gasteiger partial charge in [-0.15, -0.1) is 0 Å². The van der Waals surface area contributed by atoms with E-state index in [0.29, 0.717) is 16.2 Å². The van der Waals surface area contributed by atoms with Crippen molar-refractivity contribution >= 4 is 121 Å². The van der Waals surface area contributed by atoms with Gasteiger partial charge in [-0.05, 0) is 176 Å². The van der Waals surface area contributed by atoms with E-state index in [-0.39, 0.29) is 4.32 Å². The van der Waals surface area contributed by atoms with Crippen LogP contribution in [0.4, 0.5) is 17.1 Å². The topological polar surface area (TPSA) is 118 Å². The summed E-state index contributed by atoms with van der Waals surface area (Å²) >= 11 is 6.43. The number of thioether (sulfide) groups is 1. The third kappa shape index (κ3) is 11.7. The first kappa shape index (κ1) is 56.5. The zero-order chi connectivity index (χ0) is 60.6. The Morgan fingerprint density at radius 2 is 1.09 bits per heavy atom. The van der Waals surface area contributed by atoms with Gasteiger partial charge in [0.25, 0.3) is 5.91 Å². The maximum atomic E-state index is 13.1. The molecule has 7 aromatic carbocycles. The molecule has 0 saturated carbocycles. The van der Waals surface area contributed by atoms with Gasteiger partial charge < -0.3 is 20.0 Å². The van der Waals surface area contributed by atoms with E-state index in [2.05, 4.69) is 255 Å². The number of carboxylic acid groups (broad SMARTS) is 1. The molecule has 1 amide bonds. The zero-order valence-corrected chi connectivity index (χ0v) is 50.6. The summed E-state index contributed by atoms with van der Waals surface area (Å²) in [4.78, 5) is 47.4. The van der Waals surface area contributed by atoms with Crippen LogP contribution >= 0.6 is 24.0 Å². The lowest BCUT2D eigenvalue weighted by molar-refractivity contribution is -0.140. The van der Waals surface area contributed by atoms with Crippen LogP contribution in [0.3, 0.4) is 0 Å². The van der Waals surface area contributed by atoms with Crippen molar-refractivity contribution in [2.24, 2.45) is 0 Å². The van der Waals surface area contributed by atoms with E-state index in [1.54, 1.807) is 6.08 Å². The first-order valence-electron chi connectivity index (χ1n) is 29.0. The third-order valence-corrected chi connectivity index (χ3v) is 16.9. The van der Waals surface area contributed by atoms with E-state index in [1.807, 2.05) is 30.3 Å². The number of hydrogen-bond donors (Lipinski definition) is 3. The largest absolute Gasteiger partial charge is 0.480 e. The van der Waals surface area contributed by atoms with Crippen molar-refractivity contribution in [1.82, 2.24) is 24.8 Å². The van der Waals surface area contributed by atoms with Gasteiger partial charge in [0, 0.05) is 39.1 Å². The zero-order valence-electron chi connectivity index (χ0n) is 49.0. The number of rotatable bonds is 11. The number of thiocarbonyl (C=S) groups is 1. The molecule has 10 aromatic rings. The van der Waals surface area contributed by atoms with Crippen molar-refractivity contribution in [2.45, 2.75) is 34.6 Å². The summed E-state index contributed by atoms with van der Waals surface area (Å²) in [5.74, 6) is 5.44. The molecule has 3 aromatic heterocycles. The number of aliphatic carboxylic acids is 1. The van der Waals surface area contributed by atoms with Crippen molar-refractivity contribution in [3.63, 3.8) is 0 Å². The van der Waals surface area contributed by atoms with Crippen LogP contribution < -0.4 is 4.90 Å². The number of aromatic amines is 2. The predicted molar refractivity (Wildman–Crippen MR) is 368 cm³/mol. The lowest BCUT2D eigenvalue weighted by Gasteiger charge is -2.26. The smallest absolute Gasteiger partial charge is 0.323 e. The summed E-state index contributed by atoms with van der Waals surface area (Å²) in [7, 11) is 0. The molecule has 3 aliphatic rings. The molecular formula is C77H58N6O3S2. The summed E-state index contributed by atoms with van der Waals surface area (Å²) in [5, 5.41) is 9.36. The Morgan fingerprint density at radius 3 is 1.68 bits per heavy atom. The molecule has 0 radical (unpaired) electrons. The minimum absolute atomic E-state index is 0.215. The van der Waals surface area contributed by atoms with Gasteiger partial charge in [0.2, 0.25) is 0 Å². The second-order valence-corrected chi connectivity index (χ2v) is 24.0. The number of aromatic nitrogens is 4. The van der Waals surface area contributed by atoms with Gasteiger partial charge >= 0.3 is 5.97 Å². The molecule has 9 nitrogen and oxygen atoms in total. The lowest BCUT2D eigenvalue weighted by Crippen LogP contribution is -2.33. The Morgan fingerprint density at radius 1 is 0.557 bits per heavy atom. The van der Waals surface area contributed by atoms with E-state index in [0.717, 1.165) is 156 Å². The Balaban J connectivity index is 1.04. The number of anilines is 3. The molecule has 1 saturated heterocycles. The standard InChI is InChI=1S/C77H58N6O3S2/c1-47-13-12-18-60(43-47)83(59-26-23-53(24-27-59)44-62(55-14-8-6-9-15-55)56-16-10-7-11-17-56)75-69-35-33-67(80-69)73(57-39-48(2)37-49(3)40-57)65-31-29-63(78-65)61(28-25-52-19-21-54(22-20-52)45-71-76(86)82(46-72(84)85)77(87)88-71)64-30-32-66(79-64)74(68-34-36-70(75)81-68)58-41-50(4)38-51(5)42-58/h6-24,26-27,29-45,78,81H,46H2,1-5H3,(H,84,85). The molecule has 8 bridgehead atoms. The highest BCUT2D eigenvalue weighted by atomic mass is 32.2. The summed E-state index contributed by atoms with van der Waals surface area (Å²) in [6.45, 7) is 10.2. The number of nitrogens with zero attached hydrogens (tertiary/aromatic N) is 4. The predicted octanol–water partition coefficient (Wildman–Crippen LogP) is 18.3. The number of fused-ring (bicyclic) bond motifs is 8. The highest BCUT2D eigenvalue weighted by Crippen LogP contribution is 2.43. The van der Waals surface area contributed by atoms with Crippen molar-refractivity contribution in [3.05, 3.63) is 283 Å². The van der Waals surface area contributed by atoms with Crippen molar-refractivity contribution in [1.29, 1.82) is 0 Å². The average molecular weight is 1180 g/mol. The van der Waals surface area contributed by atoms with E-state index in [4.69, 9.17) is 22.2 Å². The van der Waals surface area contributed by atoms with Crippen LogP contribution in [0.25, 0.3) is 86.3 Å². The SMILES string of the molecule is Cc1cc(C)cc(-c2c3nc(c(N(c4ccc(C=C(c5ccccc5)c5ccccc5)cc4)c4cccc(C)c4)c4ccc([nH]4)c(-c4cc(C)cc(C)c4)c4nc(c(C#Cc5ccc(C=C6SC(=S)N(CC(=O)O)C6=O)cc5)c5ccc2[nH]5)C=C4)C=C3)c1. The van der Waals surface area contributed by atoms with Gasteiger partial charge in [-0.1, -0.05) is 192 Å². The molecule has 13 rings (SSSR count). The number of carbonyl (C=O) groups is 2. The molecule has 3 N–H and O–H groups in total. The van der Waals surface area contributed by atoms with E-state index in [1.165, 1.54) is 0 Å². The van der Waals surface area contributed by atoms with Gasteiger partial charge in [0.15, 0.2) is 0 Å². The maximum absolute atomic E-state index is 13.1. The quantitative estimate of drug-likeness (QED) is 0.0507. The molecule has 0 atom stereocenters. The molecule has 426 valence electrons. The Kier molecular flexibility index (Phi) is 15.4. The van der Waals surface area contributed by atoms with Gasteiger partial charge in [0.1, 0.15) is 10.9 Å². The molecular weight excluding hydrogens is 1120 g/mol. The number of amides is 1. The minimum Gasteiger partial charge on any atom is -0.480 e. The van der Waals surface area contributed by atoms with Crippen LogP contribution in [0.1, 0.15) is 84.0 Å². The second-order valence-electron chi connectivity index (χ2n) is 22.3. The summed E-state index contributed by atoms with van der Waals surface area (Å²) in [6.07, 6.45) is 12.4. The van der Waals surface area contributed by atoms with Crippen LogP contribution in [0, 0.1) is 46.5 Å². The van der Waals surface area contributed by atoms with Gasteiger partial charge in [0.05, 0.1) is 50.0 Å².